The fourth-order valence-corrected chi connectivity index (χ4v) is 5.11. The Morgan fingerprint density at radius 1 is 1.46 bits per heavy atom. The molecule has 0 bridgehead atoms. The van der Waals surface area contributed by atoms with Crippen molar-refractivity contribution in [1.29, 1.82) is 0 Å². The van der Waals surface area contributed by atoms with Gasteiger partial charge < -0.3 is 10.1 Å². The molecule has 8 heteroatoms. The Kier molecular flexibility index (Phi) is 5.12. The number of thiophene rings is 1. The molecular weight excluding hydrogens is 398 g/mol. The van der Waals surface area contributed by atoms with Crippen molar-refractivity contribution in [3.8, 4) is 5.75 Å². The lowest BCUT2D eigenvalue weighted by Crippen LogP contribution is -2.28. The van der Waals surface area contributed by atoms with Gasteiger partial charge in [0.2, 0.25) is 5.91 Å². The second-order valence-electron chi connectivity index (χ2n) is 7.10. The summed E-state index contributed by atoms with van der Waals surface area (Å²) in [5, 5.41) is 3.91. The molecule has 0 saturated heterocycles. The highest BCUT2D eigenvalue weighted by atomic mass is 35.5. The predicted molar refractivity (Wildman–Crippen MR) is 112 cm³/mol. The number of carbonyl (C=O) groups is 1. The molecule has 0 spiro atoms. The lowest BCUT2D eigenvalue weighted by atomic mass is 9.89. The Morgan fingerprint density at radius 3 is 3.07 bits per heavy atom. The average molecular weight is 418 g/mol. The van der Waals surface area contributed by atoms with E-state index < -0.39 is 0 Å². The Bertz CT molecular complexity index is 1120. The van der Waals surface area contributed by atoms with E-state index in [2.05, 4.69) is 17.2 Å². The van der Waals surface area contributed by atoms with Crippen LogP contribution in [0.25, 0.3) is 10.2 Å². The summed E-state index contributed by atoms with van der Waals surface area (Å²) in [5.41, 5.74) is 1.41. The molecule has 1 atom stereocenters. The van der Waals surface area contributed by atoms with Crippen molar-refractivity contribution in [2.45, 2.75) is 32.7 Å². The Labute approximate surface area is 171 Å². The van der Waals surface area contributed by atoms with Crippen LogP contribution >= 0.6 is 22.9 Å². The van der Waals surface area contributed by atoms with Gasteiger partial charge in [-0.1, -0.05) is 18.5 Å². The van der Waals surface area contributed by atoms with Gasteiger partial charge in [0.25, 0.3) is 5.56 Å². The number of ether oxygens (including phenoxy) is 1. The molecule has 146 valence electrons. The van der Waals surface area contributed by atoms with E-state index in [0.29, 0.717) is 27.8 Å². The summed E-state index contributed by atoms with van der Waals surface area (Å²) in [6, 6.07) is 4.97. The van der Waals surface area contributed by atoms with Crippen LogP contribution in [0.3, 0.4) is 0 Å². The molecule has 0 saturated carbocycles. The van der Waals surface area contributed by atoms with E-state index in [-0.39, 0.29) is 18.0 Å². The topological polar surface area (TPSA) is 73.2 Å². The molecule has 28 heavy (non-hydrogen) atoms. The molecule has 1 N–H and O–H groups in total. The normalized spacial score (nSPS) is 16.0. The van der Waals surface area contributed by atoms with Crippen LogP contribution in [-0.2, 0) is 24.2 Å². The van der Waals surface area contributed by atoms with E-state index in [1.807, 2.05) is 0 Å². The first kappa shape index (κ1) is 19.0. The van der Waals surface area contributed by atoms with Crippen molar-refractivity contribution in [2.75, 3.05) is 12.4 Å². The van der Waals surface area contributed by atoms with Crippen molar-refractivity contribution >= 4 is 44.7 Å². The largest absolute Gasteiger partial charge is 0.495 e. The number of aryl methyl sites for hydroxylation is 1. The van der Waals surface area contributed by atoms with Gasteiger partial charge in [0, 0.05) is 9.90 Å². The van der Waals surface area contributed by atoms with Crippen LogP contribution < -0.4 is 15.6 Å². The van der Waals surface area contributed by atoms with Crippen molar-refractivity contribution in [1.82, 2.24) is 9.55 Å². The van der Waals surface area contributed by atoms with E-state index in [9.17, 15) is 9.59 Å². The number of hydrogen-bond acceptors (Lipinski definition) is 5. The van der Waals surface area contributed by atoms with Crippen LogP contribution in [-0.4, -0.2) is 22.6 Å². The van der Waals surface area contributed by atoms with Gasteiger partial charge in [-0.25, -0.2) is 4.98 Å². The first-order valence-electron chi connectivity index (χ1n) is 9.09. The van der Waals surface area contributed by atoms with Crippen LogP contribution in [0.2, 0.25) is 5.02 Å². The van der Waals surface area contributed by atoms with Gasteiger partial charge in [-0.3, -0.25) is 14.2 Å². The summed E-state index contributed by atoms with van der Waals surface area (Å²) in [6.45, 7) is 2.10. The summed E-state index contributed by atoms with van der Waals surface area (Å²) in [5.74, 6) is 0.780. The van der Waals surface area contributed by atoms with Crippen LogP contribution in [0.5, 0.6) is 5.75 Å². The van der Waals surface area contributed by atoms with Crippen LogP contribution in [0.1, 0.15) is 23.8 Å². The minimum atomic E-state index is -0.346. The number of nitrogens with zero attached hydrogens (tertiary/aromatic N) is 2. The molecule has 2 aromatic heterocycles. The lowest BCUT2D eigenvalue weighted by molar-refractivity contribution is -0.116. The second-order valence-corrected chi connectivity index (χ2v) is 8.62. The molecule has 6 nitrogen and oxygen atoms in total. The summed E-state index contributed by atoms with van der Waals surface area (Å²) in [7, 11) is 1.52. The number of aromatic nitrogens is 2. The van der Waals surface area contributed by atoms with Gasteiger partial charge >= 0.3 is 0 Å². The Balaban J connectivity index is 1.62. The van der Waals surface area contributed by atoms with Crippen molar-refractivity contribution in [3.63, 3.8) is 0 Å². The molecule has 0 radical (unpaired) electrons. The summed E-state index contributed by atoms with van der Waals surface area (Å²) in [6.07, 6.45) is 4.40. The third-order valence-corrected chi connectivity index (χ3v) is 6.43. The fourth-order valence-electron chi connectivity index (χ4n) is 3.60. The maximum atomic E-state index is 13.0. The first-order chi connectivity index (χ1) is 13.5. The highest BCUT2D eigenvalue weighted by molar-refractivity contribution is 7.18. The summed E-state index contributed by atoms with van der Waals surface area (Å²) < 4.78 is 6.60. The number of methoxy groups -OCH3 is 1. The zero-order valence-electron chi connectivity index (χ0n) is 15.6. The number of fused-ring (bicyclic) bond motifs is 3. The molecule has 0 aliphatic heterocycles. The number of halogens is 1. The minimum absolute atomic E-state index is 0.127. The SMILES string of the molecule is COc1ccc(Cl)cc1NC(=O)Cn1cnc2sc3c(c2c1=O)CC[C@@H](C)C3. The van der Waals surface area contributed by atoms with E-state index in [0.717, 1.165) is 29.7 Å². The highest BCUT2D eigenvalue weighted by Crippen LogP contribution is 2.35. The molecule has 1 aliphatic rings. The van der Waals surface area contributed by atoms with E-state index in [1.165, 1.54) is 22.9 Å². The lowest BCUT2D eigenvalue weighted by Gasteiger charge is -2.17. The number of benzene rings is 1. The summed E-state index contributed by atoms with van der Waals surface area (Å²) in [4.78, 5) is 32.0. The molecule has 1 aliphatic carbocycles. The molecule has 0 fully saturated rings. The van der Waals surface area contributed by atoms with Gasteiger partial charge in [-0.2, -0.15) is 0 Å². The molecule has 2 heterocycles. The number of amides is 1. The van der Waals surface area contributed by atoms with Gasteiger partial charge in [0.1, 0.15) is 17.1 Å². The molecule has 4 rings (SSSR count). The zero-order chi connectivity index (χ0) is 19.8. The number of hydrogen-bond donors (Lipinski definition) is 1. The Hall–Kier alpha value is -2.38. The standard InChI is InChI=1S/C20H20ClN3O3S/c1-11-3-5-13-16(7-11)28-19-18(13)20(26)24(10-22-19)9-17(25)23-14-8-12(21)4-6-15(14)27-2/h4,6,8,10-11H,3,5,7,9H2,1-2H3,(H,23,25)/t11-/m1/s1. The van der Waals surface area contributed by atoms with Gasteiger partial charge in [0.15, 0.2) is 0 Å². The van der Waals surface area contributed by atoms with Crippen molar-refractivity contribution < 1.29 is 9.53 Å². The highest BCUT2D eigenvalue weighted by Gasteiger charge is 2.23. The summed E-state index contributed by atoms with van der Waals surface area (Å²) >= 11 is 7.60. The predicted octanol–water partition coefficient (Wildman–Crippen LogP) is 3.88. The van der Waals surface area contributed by atoms with Crippen molar-refractivity contribution in [2.24, 2.45) is 5.92 Å². The molecule has 0 unspecified atom stereocenters. The van der Waals surface area contributed by atoms with Crippen LogP contribution in [0.15, 0.2) is 29.3 Å². The van der Waals surface area contributed by atoms with Crippen LogP contribution in [0, 0.1) is 5.92 Å². The van der Waals surface area contributed by atoms with E-state index >= 15 is 0 Å². The maximum Gasteiger partial charge on any atom is 0.262 e. The number of nitrogens with one attached hydrogen (secondary N) is 1. The Morgan fingerprint density at radius 2 is 2.29 bits per heavy atom. The van der Waals surface area contributed by atoms with Crippen LogP contribution in [0.4, 0.5) is 5.69 Å². The minimum Gasteiger partial charge on any atom is -0.495 e. The first-order valence-corrected chi connectivity index (χ1v) is 10.3. The third-order valence-electron chi connectivity index (χ3n) is 5.03. The number of rotatable bonds is 4. The monoisotopic (exact) mass is 417 g/mol. The average Bonchev–Trinajstić information content (AvgIpc) is 3.02. The van der Waals surface area contributed by atoms with Gasteiger partial charge in [0.05, 0.1) is 24.5 Å². The number of anilines is 1. The zero-order valence-corrected chi connectivity index (χ0v) is 17.2. The molecule has 3 aromatic rings. The third kappa shape index (κ3) is 3.52. The van der Waals surface area contributed by atoms with E-state index in [4.69, 9.17) is 16.3 Å². The van der Waals surface area contributed by atoms with Gasteiger partial charge in [-0.15, -0.1) is 11.3 Å². The van der Waals surface area contributed by atoms with Crippen molar-refractivity contribution in [3.05, 3.63) is 50.3 Å². The van der Waals surface area contributed by atoms with Gasteiger partial charge in [-0.05, 0) is 48.9 Å². The molecule has 1 aromatic carbocycles. The fraction of sp³-hybridized carbons (Fsp3) is 0.350. The molecular formula is C20H20ClN3O3S. The quantitative estimate of drug-likeness (QED) is 0.699. The maximum absolute atomic E-state index is 13.0. The second kappa shape index (κ2) is 7.56. The van der Waals surface area contributed by atoms with E-state index in [1.54, 1.807) is 29.5 Å². The number of carbonyl (C=O) groups excluding carboxylic acids is 1. The molecule has 1 amide bonds. The smallest absolute Gasteiger partial charge is 0.262 e.